The van der Waals surface area contributed by atoms with Crippen LogP contribution < -0.4 is 4.90 Å². The van der Waals surface area contributed by atoms with Crippen LogP contribution in [0.5, 0.6) is 0 Å². The van der Waals surface area contributed by atoms with Gasteiger partial charge >= 0.3 is 5.97 Å². The summed E-state index contributed by atoms with van der Waals surface area (Å²) in [5.41, 5.74) is 0.281. The number of hydrogen-bond donors (Lipinski definition) is 0. The van der Waals surface area contributed by atoms with Crippen molar-refractivity contribution < 1.29 is 9.53 Å². The Hall–Kier alpha value is -4.09. The van der Waals surface area contributed by atoms with Crippen molar-refractivity contribution >= 4 is 34.2 Å². The van der Waals surface area contributed by atoms with Crippen LogP contribution in [0.2, 0.25) is 0 Å². The molecular formula is C29H36N8O2S. The van der Waals surface area contributed by atoms with E-state index >= 15 is 0 Å². The summed E-state index contributed by atoms with van der Waals surface area (Å²) in [6.45, 7) is 15.7. The first-order valence-corrected chi connectivity index (χ1v) is 14.1. The van der Waals surface area contributed by atoms with Crippen LogP contribution >= 0.6 is 11.3 Å². The molecule has 0 spiro atoms. The number of hydrogen-bond acceptors (Lipinski definition) is 10. The van der Waals surface area contributed by atoms with Crippen LogP contribution in [-0.2, 0) is 21.5 Å². The minimum atomic E-state index is -0.520. The molecule has 1 aromatic carbocycles. The number of benzene rings is 1. The van der Waals surface area contributed by atoms with Crippen molar-refractivity contribution in [2.45, 2.75) is 66.8 Å². The van der Waals surface area contributed by atoms with Crippen LogP contribution in [0, 0.1) is 28.1 Å². The van der Waals surface area contributed by atoms with Gasteiger partial charge in [-0.1, -0.05) is 69.4 Å². The van der Waals surface area contributed by atoms with Gasteiger partial charge in [0.25, 0.3) is 5.95 Å². The summed E-state index contributed by atoms with van der Waals surface area (Å²) in [7, 11) is 0. The predicted octanol–water partition coefficient (Wildman–Crippen LogP) is 6.65. The number of carbonyl (C=O) groups is 1. The van der Waals surface area contributed by atoms with Crippen LogP contribution in [0.3, 0.4) is 0 Å². The van der Waals surface area contributed by atoms with Crippen LogP contribution in [0.25, 0.3) is 0 Å². The number of thiazole rings is 1. The zero-order valence-corrected chi connectivity index (χ0v) is 25.0. The molecule has 0 saturated carbocycles. The molecule has 10 nitrogen and oxygen atoms in total. The molecule has 0 unspecified atom stereocenters. The molecule has 0 bridgehead atoms. The van der Waals surface area contributed by atoms with Gasteiger partial charge in [0.1, 0.15) is 18.7 Å². The Labute approximate surface area is 240 Å². The molecule has 0 radical (unpaired) electrons. The Balaban J connectivity index is 1.92. The van der Waals surface area contributed by atoms with Crippen molar-refractivity contribution in [2.75, 3.05) is 24.6 Å². The van der Waals surface area contributed by atoms with Gasteiger partial charge in [-0.2, -0.15) is 20.5 Å². The lowest BCUT2D eigenvalue weighted by Gasteiger charge is -2.23. The number of azo groups is 1. The minimum Gasteiger partial charge on any atom is -0.463 e. The quantitative estimate of drug-likeness (QED) is 0.189. The van der Waals surface area contributed by atoms with Crippen molar-refractivity contribution in [3.05, 3.63) is 52.2 Å². The van der Waals surface area contributed by atoms with Gasteiger partial charge in [0.05, 0.1) is 23.4 Å². The topological polar surface area (TPSA) is 133 Å². The average Bonchev–Trinajstić information content (AvgIpc) is 3.51. The largest absolute Gasteiger partial charge is 0.463 e. The lowest BCUT2D eigenvalue weighted by Crippen LogP contribution is -2.31. The summed E-state index contributed by atoms with van der Waals surface area (Å²) < 4.78 is 7.14. The van der Waals surface area contributed by atoms with Crippen molar-refractivity contribution in [1.29, 1.82) is 10.5 Å². The number of aromatic nitrogens is 3. The maximum absolute atomic E-state index is 12.4. The van der Waals surface area contributed by atoms with Crippen LogP contribution in [0.4, 0.5) is 16.9 Å². The summed E-state index contributed by atoms with van der Waals surface area (Å²) in [4.78, 5) is 24.4. The van der Waals surface area contributed by atoms with E-state index in [1.807, 2.05) is 69.0 Å². The smallest absolute Gasteiger partial charge is 0.311 e. The second-order valence-corrected chi connectivity index (χ2v) is 11.9. The molecule has 11 heteroatoms. The van der Waals surface area contributed by atoms with E-state index in [9.17, 15) is 15.3 Å². The highest BCUT2D eigenvalue weighted by Gasteiger charge is 2.28. The molecule has 3 rings (SSSR count). The summed E-state index contributed by atoms with van der Waals surface area (Å²) in [5, 5.41) is 28.9. The van der Waals surface area contributed by atoms with E-state index in [1.54, 1.807) is 4.57 Å². The molecule has 0 N–H and O–H groups in total. The lowest BCUT2D eigenvalue weighted by atomic mass is 9.91. The molecule has 3 aromatic rings. The molecule has 0 aliphatic heterocycles. The van der Waals surface area contributed by atoms with Gasteiger partial charge in [0, 0.05) is 12.0 Å². The van der Waals surface area contributed by atoms with E-state index in [0.29, 0.717) is 31.9 Å². The molecule has 0 atom stereocenters. The number of ether oxygens (including phenoxy) is 1. The number of esters is 1. The normalized spacial score (nSPS) is 11.8. The molecular weight excluding hydrogens is 524 g/mol. The highest BCUT2D eigenvalue weighted by Crippen LogP contribution is 2.40. The van der Waals surface area contributed by atoms with Gasteiger partial charge in [0.15, 0.2) is 22.3 Å². The third-order valence-corrected chi connectivity index (χ3v) is 8.07. The molecule has 0 aliphatic rings. The number of carbonyl (C=O) groups excluding carboxylic acids is 1. The van der Waals surface area contributed by atoms with Gasteiger partial charge in [-0.05, 0) is 32.8 Å². The number of rotatable bonds is 11. The molecule has 0 fully saturated rings. The minimum absolute atomic E-state index is 0.000323. The first-order chi connectivity index (χ1) is 18.9. The number of imidazole rings is 1. The van der Waals surface area contributed by atoms with E-state index in [0.717, 1.165) is 15.6 Å². The molecule has 0 amide bonds. The third-order valence-electron chi connectivity index (χ3n) is 6.54. The molecule has 0 saturated heterocycles. The Morgan fingerprint density at radius 1 is 1.07 bits per heavy atom. The second-order valence-electron chi connectivity index (χ2n) is 11.0. The molecule has 2 heterocycles. The maximum Gasteiger partial charge on any atom is 0.311 e. The Kier molecular flexibility index (Phi) is 9.78. The Morgan fingerprint density at radius 2 is 1.77 bits per heavy atom. The summed E-state index contributed by atoms with van der Waals surface area (Å²) in [5.74, 6) is 0.389. The van der Waals surface area contributed by atoms with Crippen LogP contribution in [0.15, 0.2) is 40.6 Å². The molecule has 0 aliphatic carbocycles. The van der Waals surface area contributed by atoms with E-state index in [1.165, 1.54) is 11.3 Å². The summed E-state index contributed by atoms with van der Waals surface area (Å²) in [6, 6.07) is 13.6. The Morgan fingerprint density at radius 3 is 2.35 bits per heavy atom. The van der Waals surface area contributed by atoms with E-state index in [2.05, 4.69) is 42.1 Å². The second kappa shape index (κ2) is 12.8. The van der Waals surface area contributed by atoms with E-state index in [-0.39, 0.29) is 35.3 Å². The van der Waals surface area contributed by atoms with Crippen molar-refractivity contribution in [3.63, 3.8) is 0 Å². The summed E-state index contributed by atoms with van der Waals surface area (Å²) >= 11 is 1.52. The third kappa shape index (κ3) is 7.10. The van der Waals surface area contributed by atoms with Crippen molar-refractivity contribution in [1.82, 2.24) is 14.5 Å². The number of anilines is 1. The first kappa shape index (κ1) is 30.5. The standard InChI is InChI=1S/C29H36N8O2S/c1-8-29(6,7)25(38)39-16-15-36(9-2)27-33-24(23(40-27)28(3,4)5)34-35-26-32-21(17-30)22(18-31)37(26)19-20-13-11-10-12-14-20/h10-14H,8-9,15-16,19H2,1-7H3/b35-34+. The Bertz CT molecular complexity index is 1440. The fourth-order valence-electron chi connectivity index (χ4n) is 3.69. The first-order valence-electron chi connectivity index (χ1n) is 13.2. The molecule has 2 aromatic heterocycles. The average molecular weight is 561 g/mol. The number of likely N-dealkylation sites (N-methyl/N-ethyl adjacent to an activating group) is 1. The van der Waals surface area contributed by atoms with E-state index in [4.69, 9.17) is 9.72 Å². The van der Waals surface area contributed by atoms with Crippen LogP contribution in [-0.4, -0.2) is 40.2 Å². The van der Waals surface area contributed by atoms with Gasteiger partial charge in [-0.3, -0.25) is 9.36 Å². The van der Waals surface area contributed by atoms with Crippen molar-refractivity contribution in [3.8, 4) is 12.1 Å². The zero-order valence-electron chi connectivity index (χ0n) is 24.2. The number of nitriles is 2. The summed E-state index contributed by atoms with van der Waals surface area (Å²) in [6.07, 6.45) is 0.703. The fourth-order valence-corrected chi connectivity index (χ4v) is 4.83. The molecule has 210 valence electrons. The predicted molar refractivity (Wildman–Crippen MR) is 155 cm³/mol. The fraction of sp³-hybridized carbons (Fsp3) is 0.483. The SMILES string of the molecule is CCN(CCOC(=O)C(C)(C)CC)c1nc(/N=N/c2nc(C#N)c(C#N)n2Cc2ccccc2)c(C(C)(C)C)s1. The van der Waals surface area contributed by atoms with Crippen LogP contribution in [0.1, 0.15) is 76.7 Å². The highest BCUT2D eigenvalue weighted by molar-refractivity contribution is 7.16. The van der Waals surface area contributed by atoms with Crippen molar-refractivity contribution in [2.24, 2.45) is 15.6 Å². The van der Waals surface area contributed by atoms with Gasteiger partial charge < -0.3 is 9.64 Å². The monoisotopic (exact) mass is 560 g/mol. The van der Waals surface area contributed by atoms with Gasteiger partial charge in [-0.15, -0.1) is 10.2 Å². The molecule has 40 heavy (non-hydrogen) atoms. The van der Waals surface area contributed by atoms with E-state index < -0.39 is 5.41 Å². The number of nitrogens with zero attached hydrogens (tertiary/aromatic N) is 8. The zero-order chi connectivity index (χ0) is 29.5. The maximum atomic E-state index is 12.4. The lowest BCUT2D eigenvalue weighted by molar-refractivity contribution is -0.153. The highest BCUT2D eigenvalue weighted by atomic mass is 32.1. The van der Waals surface area contributed by atoms with Gasteiger partial charge in [-0.25, -0.2) is 0 Å². The van der Waals surface area contributed by atoms with Gasteiger partial charge in [0.2, 0.25) is 0 Å².